The molecule has 0 saturated heterocycles. The minimum Gasteiger partial charge on any atom is -0.462 e. The molecule has 2 heterocycles. The fourth-order valence-corrected chi connectivity index (χ4v) is 2.78. The SMILES string of the molecule is CCOC(=O)c1c(C)oc(NC(=O)c2ccc(-n3cccc3)cc2)c1C(N)=O. The van der Waals surface area contributed by atoms with E-state index in [1.54, 1.807) is 31.2 Å². The Balaban J connectivity index is 1.87. The summed E-state index contributed by atoms with van der Waals surface area (Å²) >= 11 is 0. The van der Waals surface area contributed by atoms with Crippen LogP contribution in [0, 0.1) is 6.92 Å². The smallest absolute Gasteiger partial charge is 0.342 e. The molecule has 2 aromatic heterocycles. The van der Waals surface area contributed by atoms with E-state index >= 15 is 0 Å². The number of amides is 2. The molecule has 8 nitrogen and oxygen atoms in total. The van der Waals surface area contributed by atoms with Crippen LogP contribution < -0.4 is 11.1 Å². The molecule has 3 aromatic rings. The zero-order valence-electron chi connectivity index (χ0n) is 15.4. The number of furan rings is 1. The normalized spacial score (nSPS) is 10.5. The quantitative estimate of drug-likeness (QED) is 0.637. The Morgan fingerprint density at radius 2 is 1.75 bits per heavy atom. The molecule has 1 aromatic carbocycles. The summed E-state index contributed by atoms with van der Waals surface area (Å²) in [5.41, 5.74) is 6.32. The van der Waals surface area contributed by atoms with Crippen molar-refractivity contribution >= 4 is 23.7 Å². The molecule has 8 heteroatoms. The van der Waals surface area contributed by atoms with Gasteiger partial charge in [0.05, 0.1) is 6.61 Å². The van der Waals surface area contributed by atoms with Crippen LogP contribution >= 0.6 is 0 Å². The first-order valence-electron chi connectivity index (χ1n) is 8.57. The summed E-state index contributed by atoms with van der Waals surface area (Å²) in [4.78, 5) is 36.5. The summed E-state index contributed by atoms with van der Waals surface area (Å²) < 4.78 is 12.2. The number of rotatable bonds is 6. The first-order chi connectivity index (χ1) is 13.4. The Kier molecular flexibility index (Phi) is 5.30. The third-order valence-electron chi connectivity index (χ3n) is 4.07. The molecule has 0 spiro atoms. The Morgan fingerprint density at radius 3 is 2.32 bits per heavy atom. The number of primary amides is 1. The van der Waals surface area contributed by atoms with Gasteiger partial charge in [-0.25, -0.2) is 4.79 Å². The molecule has 0 saturated carbocycles. The van der Waals surface area contributed by atoms with E-state index in [4.69, 9.17) is 14.9 Å². The number of anilines is 1. The average Bonchev–Trinajstić information content (AvgIpc) is 3.30. The first kappa shape index (κ1) is 19.0. The number of carbonyl (C=O) groups is 3. The van der Waals surface area contributed by atoms with Crippen molar-refractivity contribution in [1.82, 2.24) is 4.57 Å². The van der Waals surface area contributed by atoms with Crippen molar-refractivity contribution in [2.45, 2.75) is 13.8 Å². The van der Waals surface area contributed by atoms with Gasteiger partial charge in [0.2, 0.25) is 5.88 Å². The molecule has 2 amide bonds. The Morgan fingerprint density at radius 1 is 1.11 bits per heavy atom. The minimum absolute atomic E-state index is 0.0902. The maximum absolute atomic E-state index is 12.6. The van der Waals surface area contributed by atoms with E-state index in [-0.39, 0.29) is 29.4 Å². The molecule has 0 radical (unpaired) electrons. The Hall–Kier alpha value is -3.81. The molecule has 0 bridgehead atoms. The van der Waals surface area contributed by atoms with Crippen molar-refractivity contribution in [3.8, 4) is 5.69 Å². The summed E-state index contributed by atoms with van der Waals surface area (Å²) in [6.07, 6.45) is 3.77. The van der Waals surface area contributed by atoms with Crippen molar-refractivity contribution in [2.24, 2.45) is 5.73 Å². The van der Waals surface area contributed by atoms with E-state index in [1.165, 1.54) is 6.92 Å². The van der Waals surface area contributed by atoms with E-state index in [0.717, 1.165) is 5.69 Å². The summed E-state index contributed by atoms with van der Waals surface area (Å²) in [5, 5.41) is 2.50. The number of aryl methyl sites for hydroxylation is 1. The highest BCUT2D eigenvalue weighted by Gasteiger charge is 2.29. The molecule has 0 aliphatic rings. The van der Waals surface area contributed by atoms with Crippen molar-refractivity contribution in [3.63, 3.8) is 0 Å². The van der Waals surface area contributed by atoms with Gasteiger partial charge in [-0.15, -0.1) is 0 Å². The van der Waals surface area contributed by atoms with Gasteiger partial charge in [-0.2, -0.15) is 0 Å². The minimum atomic E-state index is -0.904. The van der Waals surface area contributed by atoms with Crippen LogP contribution in [0.3, 0.4) is 0 Å². The topological polar surface area (TPSA) is 117 Å². The number of nitrogens with two attached hydrogens (primary N) is 1. The number of ether oxygens (including phenoxy) is 1. The molecule has 0 aliphatic heterocycles. The highest BCUT2D eigenvalue weighted by atomic mass is 16.5. The predicted molar refractivity (Wildman–Crippen MR) is 102 cm³/mol. The third-order valence-corrected chi connectivity index (χ3v) is 4.07. The van der Waals surface area contributed by atoms with Gasteiger partial charge in [-0.1, -0.05) is 0 Å². The van der Waals surface area contributed by atoms with Gasteiger partial charge in [-0.3, -0.25) is 14.9 Å². The number of aromatic nitrogens is 1. The zero-order valence-corrected chi connectivity index (χ0v) is 15.4. The van der Waals surface area contributed by atoms with Gasteiger partial charge in [0, 0.05) is 23.6 Å². The standard InChI is InChI=1S/C20H19N3O5/c1-3-27-20(26)15-12(2)28-19(16(15)17(21)24)22-18(25)13-6-8-14(9-7-13)23-10-4-5-11-23/h4-11H,3H2,1-2H3,(H2,21,24)(H,22,25). The van der Waals surface area contributed by atoms with E-state index in [0.29, 0.717) is 5.56 Å². The van der Waals surface area contributed by atoms with E-state index in [1.807, 2.05) is 29.1 Å². The lowest BCUT2D eigenvalue weighted by atomic mass is 10.1. The second kappa shape index (κ2) is 7.83. The molecule has 3 N–H and O–H groups in total. The molecular formula is C20H19N3O5. The maximum Gasteiger partial charge on any atom is 0.342 e. The number of nitrogens with zero attached hydrogens (tertiary/aromatic N) is 1. The lowest BCUT2D eigenvalue weighted by Gasteiger charge is -2.06. The van der Waals surface area contributed by atoms with Gasteiger partial charge < -0.3 is 19.5 Å². The third kappa shape index (κ3) is 3.66. The van der Waals surface area contributed by atoms with Gasteiger partial charge in [0.1, 0.15) is 16.9 Å². The van der Waals surface area contributed by atoms with Gasteiger partial charge >= 0.3 is 5.97 Å². The number of nitrogens with one attached hydrogen (secondary N) is 1. The van der Waals surface area contributed by atoms with Crippen LogP contribution in [-0.2, 0) is 4.74 Å². The van der Waals surface area contributed by atoms with E-state index in [9.17, 15) is 14.4 Å². The van der Waals surface area contributed by atoms with Crippen LogP contribution in [0.5, 0.6) is 0 Å². The number of hydrogen-bond acceptors (Lipinski definition) is 5. The second-order valence-electron chi connectivity index (χ2n) is 5.91. The lowest BCUT2D eigenvalue weighted by molar-refractivity contribution is 0.0521. The van der Waals surface area contributed by atoms with Crippen LogP contribution in [0.25, 0.3) is 5.69 Å². The van der Waals surface area contributed by atoms with Gasteiger partial charge in [0.15, 0.2) is 0 Å². The van der Waals surface area contributed by atoms with Crippen LogP contribution in [0.2, 0.25) is 0 Å². The molecule has 144 valence electrons. The van der Waals surface area contributed by atoms with Crippen molar-refractivity contribution < 1.29 is 23.5 Å². The molecular weight excluding hydrogens is 362 g/mol. The summed E-state index contributed by atoms with van der Waals surface area (Å²) in [6, 6.07) is 10.6. The maximum atomic E-state index is 12.6. The van der Waals surface area contributed by atoms with E-state index in [2.05, 4.69) is 5.32 Å². The lowest BCUT2D eigenvalue weighted by Crippen LogP contribution is -2.20. The van der Waals surface area contributed by atoms with Gasteiger partial charge in [0.25, 0.3) is 11.8 Å². The van der Waals surface area contributed by atoms with Crippen molar-refractivity contribution in [2.75, 3.05) is 11.9 Å². The number of esters is 1. The Labute approximate surface area is 160 Å². The number of benzene rings is 1. The zero-order chi connectivity index (χ0) is 20.3. The molecule has 3 rings (SSSR count). The fraction of sp³-hybridized carbons (Fsp3) is 0.150. The fourth-order valence-electron chi connectivity index (χ4n) is 2.78. The molecule has 0 unspecified atom stereocenters. The first-order valence-corrected chi connectivity index (χ1v) is 8.57. The Bertz CT molecular complexity index is 1020. The largest absolute Gasteiger partial charge is 0.462 e. The van der Waals surface area contributed by atoms with Gasteiger partial charge in [-0.05, 0) is 50.2 Å². The van der Waals surface area contributed by atoms with Crippen LogP contribution in [0.15, 0.2) is 53.2 Å². The molecule has 0 atom stereocenters. The number of hydrogen-bond donors (Lipinski definition) is 2. The summed E-state index contributed by atoms with van der Waals surface area (Å²) in [7, 11) is 0. The highest BCUT2D eigenvalue weighted by molar-refractivity contribution is 6.12. The highest BCUT2D eigenvalue weighted by Crippen LogP contribution is 2.28. The second-order valence-corrected chi connectivity index (χ2v) is 5.91. The number of carbonyl (C=O) groups excluding carboxylic acids is 3. The van der Waals surface area contributed by atoms with E-state index < -0.39 is 17.8 Å². The molecule has 0 fully saturated rings. The van der Waals surface area contributed by atoms with Crippen LogP contribution in [-0.4, -0.2) is 29.0 Å². The average molecular weight is 381 g/mol. The molecule has 28 heavy (non-hydrogen) atoms. The predicted octanol–water partition coefficient (Wildman–Crippen LogP) is 2.91. The van der Waals surface area contributed by atoms with Crippen LogP contribution in [0.4, 0.5) is 5.88 Å². The summed E-state index contributed by atoms with van der Waals surface area (Å²) in [5.74, 6) is -2.21. The molecule has 0 aliphatic carbocycles. The van der Waals surface area contributed by atoms with Crippen LogP contribution in [0.1, 0.15) is 43.8 Å². The summed E-state index contributed by atoms with van der Waals surface area (Å²) in [6.45, 7) is 3.24. The van der Waals surface area contributed by atoms with Crippen molar-refractivity contribution in [3.05, 3.63) is 71.2 Å². The monoisotopic (exact) mass is 381 g/mol. The van der Waals surface area contributed by atoms with Crippen molar-refractivity contribution in [1.29, 1.82) is 0 Å².